The predicted octanol–water partition coefficient (Wildman–Crippen LogP) is 4.06. The number of carbonyl (C=O) groups excluding carboxylic acids is 3. The average molecular weight is 598 g/mol. The SMILES string of the molecule is COc1ccc([C@@H]2CC(c3ccccc3)=NN2C(=O)CN2N=N[C@@H]3C(=O)N(c4c(F)c(F)c(F)c(F)c4F)C(=O)[C@H]32)cc1. The molecule has 3 aromatic carbocycles. The Kier molecular flexibility index (Phi) is 6.86. The third-order valence-electron chi connectivity index (χ3n) is 7.34. The number of hydrogen-bond donors (Lipinski definition) is 0. The van der Waals surface area contributed by atoms with Crippen LogP contribution in [-0.2, 0) is 14.4 Å². The van der Waals surface area contributed by atoms with E-state index in [2.05, 4.69) is 15.4 Å². The summed E-state index contributed by atoms with van der Waals surface area (Å²) in [4.78, 5) is 39.6. The van der Waals surface area contributed by atoms with Gasteiger partial charge in [-0.05, 0) is 23.3 Å². The molecule has 1 fully saturated rings. The Morgan fingerprint density at radius 1 is 0.884 bits per heavy atom. The summed E-state index contributed by atoms with van der Waals surface area (Å²) in [5, 5.41) is 14.0. The largest absolute Gasteiger partial charge is 0.497 e. The van der Waals surface area contributed by atoms with E-state index >= 15 is 0 Å². The fourth-order valence-electron chi connectivity index (χ4n) is 5.21. The molecular formula is C28H19F5N6O4. The monoisotopic (exact) mass is 598 g/mol. The number of anilines is 1. The molecule has 3 aliphatic rings. The van der Waals surface area contributed by atoms with Crippen LogP contribution in [0.25, 0.3) is 0 Å². The van der Waals surface area contributed by atoms with E-state index in [-0.39, 0.29) is 4.90 Å². The molecule has 15 heteroatoms. The molecule has 0 N–H and O–H groups in total. The van der Waals surface area contributed by atoms with Crippen molar-refractivity contribution >= 4 is 29.1 Å². The molecule has 0 bridgehead atoms. The van der Waals surface area contributed by atoms with Crippen LogP contribution in [0.5, 0.6) is 5.75 Å². The Labute approximate surface area is 239 Å². The number of hydrazone groups is 1. The van der Waals surface area contributed by atoms with E-state index in [9.17, 15) is 36.3 Å². The lowest BCUT2D eigenvalue weighted by Gasteiger charge is -2.25. The molecule has 43 heavy (non-hydrogen) atoms. The molecule has 0 aliphatic carbocycles. The number of imide groups is 1. The smallest absolute Gasteiger partial charge is 0.264 e. The molecule has 0 saturated carbocycles. The maximum Gasteiger partial charge on any atom is 0.264 e. The molecular weight excluding hydrogens is 579 g/mol. The van der Waals surface area contributed by atoms with E-state index in [1.807, 2.05) is 30.3 Å². The van der Waals surface area contributed by atoms with Gasteiger partial charge in [0.1, 0.15) is 18.0 Å². The molecule has 10 nitrogen and oxygen atoms in total. The fraction of sp³-hybridized carbons (Fsp3) is 0.214. The van der Waals surface area contributed by atoms with Crippen LogP contribution in [0.1, 0.15) is 23.6 Å². The number of methoxy groups -OCH3 is 1. The zero-order chi connectivity index (χ0) is 30.6. The number of hydrogen-bond acceptors (Lipinski definition) is 8. The van der Waals surface area contributed by atoms with E-state index in [4.69, 9.17) is 4.74 Å². The summed E-state index contributed by atoms with van der Waals surface area (Å²) in [5.74, 6) is -14.6. The average Bonchev–Trinajstić information content (AvgIpc) is 3.72. The highest BCUT2D eigenvalue weighted by atomic mass is 19.2. The molecule has 220 valence electrons. The van der Waals surface area contributed by atoms with Gasteiger partial charge in [-0.1, -0.05) is 47.7 Å². The van der Waals surface area contributed by atoms with E-state index in [0.717, 1.165) is 16.1 Å². The Morgan fingerprint density at radius 2 is 1.51 bits per heavy atom. The number of ether oxygens (including phenoxy) is 1. The zero-order valence-electron chi connectivity index (χ0n) is 22.0. The highest BCUT2D eigenvalue weighted by Crippen LogP contribution is 2.38. The number of rotatable bonds is 6. The molecule has 3 aliphatic heterocycles. The van der Waals surface area contributed by atoms with E-state index in [1.54, 1.807) is 24.3 Å². The highest BCUT2D eigenvalue weighted by Gasteiger charge is 2.57. The van der Waals surface area contributed by atoms with Gasteiger partial charge in [-0.15, -0.1) is 0 Å². The summed E-state index contributed by atoms with van der Waals surface area (Å²) >= 11 is 0. The molecule has 0 unspecified atom stereocenters. The zero-order valence-corrected chi connectivity index (χ0v) is 22.0. The standard InChI is InChI=1S/C28H19F5N6O4/c1-43-15-9-7-14(8-10-15)17-11-16(13-5-3-2-4-6-13)35-39(17)18(40)12-37-26-24(34-36-37)27(41)38(28(26)42)25-22(32)20(30)19(29)21(31)23(25)33/h2-10,17,24,26H,11-12H2,1H3/t17-,24-,26-/m0/s1. The lowest BCUT2D eigenvalue weighted by atomic mass is 9.98. The Bertz CT molecular complexity index is 1690. The third kappa shape index (κ3) is 4.47. The van der Waals surface area contributed by atoms with Crippen LogP contribution < -0.4 is 9.64 Å². The summed E-state index contributed by atoms with van der Waals surface area (Å²) in [6.45, 7) is -0.646. The summed E-state index contributed by atoms with van der Waals surface area (Å²) in [6, 6.07) is 12.2. The first-order valence-electron chi connectivity index (χ1n) is 12.8. The quantitative estimate of drug-likeness (QED) is 0.184. The van der Waals surface area contributed by atoms with E-state index < -0.39 is 77.2 Å². The van der Waals surface area contributed by atoms with Gasteiger partial charge >= 0.3 is 0 Å². The van der Waals surface area contributed by atoms with Gasteiger partial charge in [0.05, 0.1) is 18.9 Å². The van der Waals surface area contributed by atoms with Crippen molar-refractivity contribution in [1.82, 2.24) is 10.0 Å². The Morgan fingerprint density at radius 3 is 2.14 bits per heavy atom. The van der Waals surface area contributed by atoms with Crippen LogP contribution in [0.4, 0.5) is 27.6 Å². The first-order chi connectivity index (χ1) is 20.6. The molecule has 0 spiro atoms. The van der Waals surface area contributed by atoms with E-state index in [0.29, 0.717) is 17.9 Å². The Balaban J connectivity index is 1.29. The lowest BCUT2D eigenvalue weighted by Crippen LogP contribution is -2.45. The normalized spacial score (nSPS) is 21.1. The maximum atomic E-state index is 14.5. The van der Waals surface area contributed by atoms with Gasteiger partial charge in [0.25, 0.3) is 17.7 Å². The van der Waals surface area contributed by atoms with Gasteiger partial charge in [0, 0.05) is 6.42 Å². The van der Waals surface area contributed by atoms with Crippen LogP contribution in [0.3, 0.4) is 0 Å². The number of benzene rings is 3. The topological polar surface area (TPSA) is 107 Å². The summed E-state index contributed by atoms with van der Waals surface area (Å²) in [5.41, 5.74) is 0.361. The molecule has 6 rings (SSSR count). The predicted molar refractivity (Wildman–Crippen MR) is 138 cm³/mol. The van der Waals surface area contributed by atoms with Crippen molar-refractivity contribution in [2.75, 3.05) is 18.6 Å². The number of carbonyl (C=O) groups is 3. The second-order valence-electron chi connectivity index (χ2n) is 9.77. The van der Waals surface area contributed by atoms with Crippen molar-refractivity contribution in [3.05, 3.63) is 94.8 Å². The van der Waals surface area contributed by atoms with Crippen LogP contribution in [-0.4, -0.2) is 59.2 Å². The first kappa shape index (κ1) is 27.9. The van der Waals surface area contributed by atoms with Crippen LogP contribution in [0, 0.1) is 29.1 Å². The van der Waals surface area contributed by atoms with Crippen molar-refractivity contribution < 1.29 is 41.1 Å². The van der Waals surface area contributed by atoms with Crippen molar-refractivity contribution in [1.29, 1.82) is 0 Å². The van der Waals surface area contributed by atoms with Crippen LogP contribution in [0.15, 0.2) is 70.0 Å². The van der Waals surface area contributed by atoms with Crippen LogP contribution in [0.2, 0.25) is 0 Å². The van der Waals surface area contributed by atoms with Gasteiger partial charge in [-0.25, -0.2) is 31.9 Å². The minimum absolute atomic E-state index is 0.150. The number of nitrogens with zero attached hydrogens (tertiary/aromatic N) is 6. The molecule has 3 atom stereocenters. The van der Waals surface area contributed by atoms with Crippen molar-refractivity contribution in [2.45, 2.75) is 24.5 Å². The van der Waals surface area contributed by atoms with Gasteiger partial charge in [-0.2, -0.15) is 10.2 Å². The number of amides is 3. The van der Waals surface area contributed by atoms with Gasteiger partial charge in [0.2, 0.25) is 5.82 Å². The molecule has 3 heterocycles. The highest BCUT2D eigenvalue weighted by molar-refractivity contribution is 6.25. The number of fused-ring (bicyclic) bond motifs is 1. The molecule has 0 aromatic heterocycles. The number of halogens is 5. The van der Waals surface area contributed by atoms with Crippen molar-refractivity contribution in [2.24, 2.45) is 15.4 Å². The van der Waals surface area contributed by atoms with Gasteiger partial charge in [0.15, 0.2) is 35.4 Å². The molecule has 1 saturated heterocycles. The van der Waals surface area contributed by atoms with Crippen molar-refractivity contribution in [3.63, 3.8) is 0 Å². The minimum atomic E-state index is -2.45. The third-order valence-corrected chi connectivity index (χ3v) is 7.34. The maximum absolute atomic E-state index is 14.5. The Hall–Kier alpha value is -5.21. The first-order valence-corrected chi connectivity index (χ1v) is 12.8. The lowest BCUT2D eigenvalue weighted by molar-refractivity contribution is -0.135. The second-order valence-corrected chi connectivity index (χ2v) is 9.77. The van der Waals surface area contributed by atoms with Gasteiger partial charge < -0.3 is 4.74 Å². The van der Waals surface area contributed by atoms with Gasteiger partial charge in [-0.3, -0.25) is 19.4 Å². The molecule has 0 radical (unpaired) electrons. The molecule has 3 aromatic rings. The fourth-order valence-corrected chi connectivity index (χ4v) is 5.21. The molecule has 3 amide bonds. The second kappa shape index (κ2) is 10.6. The minimum Gasteiger partial charge on any atom is -0.497 e. The summed E-state index contributed by atoms with van der Waals surface area (Å²) < 4.78 is 75.5. The summed E-state index contributed by atoms with van der Waals surface area (Å²) in [6.07, 6.45) is 0.334. The summed E-state index contributed by atoms with van der Waals surface area (Å²) in [7, 11) is 1.51. The van der Waals surface area contributed by atoms with E-state index in [1.165, 1.54) is 12.1 Å². The van der Waals surface area contributed by atoms with Crippen LogP contribution >= 0.6 is 0 Å². The van der Waals surface area contributed by atoms with Crippen molar-refractivity contribution in [3.8, 4) is 5.75 Å².